The number of nitrogens with zero attached hydrogens (tertiary/aromatic N) is 4. The van der Waals surface area contributed by atoms with Crippen molar-refractivity contribution in [2.75, 3.05) is 18.5 Å². The summed E-state index contributed by atoms with van der Waals surface area (Å²) in [5, 5.41) is 14.5. The number of rotatable bonds is 6. The second-order valence-corrected chi connectivity index (χ2v) is 11.7. The molecule has 34 heavy (non-hydrogen) atoms. The molecule has 0 amide bonds. The van der Waals surface area contributed by atoms with E-state index in [1.165, 1.54) is 4.70 Å². The van der Waals surface area contributed by atoms with Gasteiger partial charge in [-0.15, -0.1) is 11.3 Å². The summed E-state index contributed by atoms with van der Waals surface area (Å²) in [6.45, 7) is 6.69. The van der Waals surface area contributed by atoms with E-state index in [0.29, 0.717) is 30.5 Å². The van der Waals surface area contributed by atoms with Gasteiger partial charge in [0.05, 0.1) is 45.9 Å². The molecule has 0 unspecified atom stereocenters. The zero-order valence-corrected chi connectivity index (χ0v) is 22.1. The molecule has 0 bridgehead atoms. The van der Waals surface area contributed by atoms with Crippen LogP contribution in [0.15, 0.2) is 28.7 Å². The summed E-state index contributed by atoms with van der Waals surface area (Å²) in [5.74, 6) is 0.686. The van der Waals surface area contributed by atoms with Crippen molar-refractivity contribution < 1.29 is 9.84 Å². The third-order valence-corrected chi connectivity index (χ3v) is 8.30. The quantitative estimate of drug-likeness (QED) is 0.461. The van der Waals surface area contributed by atoms with Crippen LogP contribution in [-0.4, -0.2) is 62.4 Å². The lowest BCUT2D eigenvalue weighted by atomic mass is 9.93. The molecule has 7 nitrogen and oxygen atoms in total. The van der Waals surface area contributed by atoms with E-state index in [2.05, 4.69) is 58.2 Å². The average Bonchev–Trinajstić information content (AvgIpc) is 3.19. The highest BCUT2D eigenvalue weighted by Gasteiger charge is 2.26. The SMILES string of the molecule is C[C@@H]1COC[C@H](C)N1Cc1cc(Cc2nc3ccc(Br)cc3s2)nc(NC2CCC(O)CC2)n1. The molecule has 1 saturated heterocycles. The van der Waals surface area contributed by atoms with Crippen molar-refractivity contribution >= 4 is 43.4 Å². The van der Waals surface area contributed by atoms with Crippen molar-refractivity contribution in [1.29, 1.82) is 0 Å². The van der Waals surface area contributed by atoms with Gasteiger partial charge in [-0.2, -0.15) is 0 Å². The van der Waals surface area contributed by atoms with Crippen molar-refractivity contribution in [1.82, 2.24) is 19.9 Å². The van der Waals surface area contributed by atoms with Crippen LogP contribution in [0.1, 0.15) is 55.9 Å². The molecule has 2 aliphatic rings. The van der Waals surface area contributed by atoms with Gasteiger partial charge in [-0.3, -0.25) is 4.90 Å². The van der Waals surface area contributed by atoms with Crippen LogP contribution in [0.2, 0.25) is 0 Å². The molecule has 2 aromatic heterocycles. The largest absolute Gasteiger partial charge is 0.393 e. The number of ether oxygens (including phenoxy) is 1. The molecular weight excluding hydrogens is 514 g/mol. The molecule has 2 N–H and O–H groups in total. The Morgan fingerprint density at radius 2 is 1.79 bits per heavy atom. The molecule has 3 aromatic rings. The lowest BCUT2D eigenvalue weighted by molar-refractivity contribution is -0.0414. The first-order valence-electron chi connectivity index (χ1n) is 12.1. The van der Waals surface area contributed by atoms with Crippen LogP contribution in [0, 0.1) is 0 Å². The summed E-state index contributed by atoms with van der Waals surface area (Å²) < 4.78 is 7.96. The van der Waals surface area contributed by atoms with E-state index in [1.807, 2.05) is 6.07 Å². The molecule has 0 radical (unpaired) electrons. The Morgan fingerprint density at radius 3 is 2.56 bits per heavy atom. The van der Waals surface area contributed by atoms with Crippen LogP contribution in [0.4, 0.5) is 5.95 Å². The molecular formula is C25H32BrN5O2S. The van der Waals surface area contributed by atoms with Gasteiger partial charge in [-0.05, 0) is 63.8 Å². The summed E-state index contributed by atoms with van der Waals surface area (Å²) in [6.07, 6.45) is 4.04. The third-order valence-electron chi connectivity index (χ3n) is 6.78. The summed E-state index contributed by atoms with van der Waals surface area (Å²) in [4.78, 5) is 17.1. The Balaban J connectivity index is 1.40. The Hall–Kier alpha value is -1.65. The normalized spacial score (nSPS) is 26.1. The van der Waals surface area contributed by atoms with E-state index in [9.17, 15) is 5.11 Å². The van der Waals surface area contributed by atoms with Gasteiger partial charge in [-0.25, -0.2) is 15.0 Å². The molecule has 1 aliphatic heterocycles. The molecule has 1 saturated carbocycles. The predicted octanol–water partition coefficient (Wildman–Crippen LogP) is 4.76. The fraction of sp³-hybridized carbons (Fsp3) is 0.560. The van der Waals surface area contributed by atoms with Gasteiger partial charge in [0.2, 0.25) is 5.95 Å². The number of anilines is 1. The van der Waals surface area contributed by atoms with Crippen LogP contribution in [0.25, 0.3) is 10.2 Å². The van der Waals surface area contributed by atoms with E-state index < -0.39 is 0 Å². The number of benzene rings is 1. The third kappa shape index (κ3) is 5.76. The second-order valence-electron chi connectivity index (χ2n) is 9.63. The molecule has 1 aromatic carbocycles. The minimum atomic E-state index is -0.177. The minimum Gasteiger partial charge on any atom is -0.393 e. The maximum Gasteiger partial charge on any atom is 0.223 e. The summed E-state index contributed by atoms with van der Waals surface area (Å²) in [5.41, 5.74) is 3.02. The van der Waals surface area contributed by atoms with Crippen LogP contribution in [0.5, 0.6) is 0 Å². The van der Waals surface area contributed by atoms with Crippen LogP contribution in [0.3, 0.4) is 0 Å². The topological polar surface area (TPSA) is 83.4 Å². The predicted molar refractivity (Wildman–Crippen MR) is 139 cm³/mol. The smallest absolute Gasteiger partial charge is 0.223 e. The van der Waals surface area contributed by atoms with Crippen molar-refractivity contribution in [3.05, 3.63) is 45.1 Å². The standard InChI is InChI=1S/C25H32BrN5O2S/c1-15-13-33-14-16(2)31(15)12-20-10-19(11-24-30-22-8-3-17(26)9-23(22)34-24)28-25(29-20)27-18-4-6-21(32)7-5-18/h3,8-10,15-16,18,21,32H,4-7,11-14H2,1-2H3,(H,27,28,29)/t15-,16+,18?,21?. The summed E-state index contributed by atoms with van der Waals surface area (Å²) in [7, 11) is 0. The number of aromatic nitrogens is 3. The van der Waals surface area contributed by atoms with Gasteiger partial charge in [-0.1, -0.05) is 15.9 Å². The number of hydrogen-bond donors (Lipinski definition) is 2. The first-order valence-corrected chi connectivity index (χ1v) is 13.7. The van der Waals surface area contributed by atoms with Gasteiger partial charge in [0, 0.05) is 35.6 Å². The number of hydrogen-bond acceptors (Lipinski definition) is 8. The van der Waals surface area contributed by atoms with Crippen LogP contribution < -0.4 is 5.32 Å². The Bertz CT molecular complexity index is 1120. The Morgan fingerprint density at radius 1 is 1.06 bits per heavy atom. The number of fused-ring (bicyclic) bond motifs is 1. The molecule has 2 fully saturated rings. The van der Waals surface area contributed by atoms with Crippen LogP contribution >= 0.6 is 27.3 Å². The summed E-state index contributed by atoms with van der Waals surface area (Å²) >= 11 is 5.27. The lowest BCUT2D eigenvalue weighted by Gasteiger charge is -2.38. The number of aliphatic hydroxyl groups excluding tert-OH is 1. The van der Waals surface area contributed by atoms with E-state index in [0.717, 1.165) is 71.8 Å². The highest BCUT2D eigenvalue weighted by Crippen LogP contribution is 2.28. The highest BCUT2D eigenvalue weighted by atomic mass is 79.9. The van der Waals surface area contributed by atoms with Crippen molar-refractivity contribution in [3.63, 3.8) is 0 Å². The number of thiazole rings is 1. The minimum absolute atomic E-state index is 0.177. The average molecular weight is 547 g/mol. The highest BCUT2D eigenvalue weighted by molar-refractivity contribution is 9.10. The van der Waals surface area contributed by atoms with E-state index >= 15 is 0 Å². The van der Waals surface area contributed by atoms with Crippen molar-refractivity contribution in [2.45, 2.75) is 76.7 Å². The molecule has 2 atom stereocenters. The van der Waals surface area contributed by atoms with Gasteiger partial charge < -0.3 is 15.2 Å². The zero-order chi connectivity index (χ0) is 23.7. The van der Waals surface area contributed by atoms with Crippen molar-refractivity contribution in [2.24, 2.45) is 0 Å². The second kappa shape index (κ2) is 10.5. The number of morpholine rings is 1. The number of nitrogens with one attached hydrogen (secondary N) is 1. The lowest BCUT2D eigenvalue weighted by Crippen LogP contribution is -2.49. The van der Waals surface area contributed by atoms with E-state index in [-0.39, 0.29) is 6.10 Å². The van der Waals surface area contributed by atoms with Crippen molar-refractivity contribution in [3.8, 4) is 0 Å². The van der Waals surface area contributed by atoms with Crippen LogP contribution in [-0.2, 0) is 17.7 Å². The molecule has 0 spiro atoms. The molecule has 3 heterocycles. The fourth-order valence-corrected chi connectivity index (χ4v) is 6.44. The molecule has 182 valence electrons. The van der Waals surface area contributed by atoms with Gasteiger partial charge in [0.15, 0.2) is 0 Å². The summed E-state index contributed by atoms with van der Waals surface area (Å²) in [6, 6.07) is 9.33. The first-order chi connectivity index (χ1) is 16.4. The fourth-order valence-electron chi connectivity index (χ4n) is 4.90. The number of aliphatic hydroxyl groups is 1. The first kappa shape index (κ1) is 24.1. The van der Waals surface area contributed by atoms with E-state index in [4.69, 9.17) is 19.7 Å². The Labute approximate surface area is 213 Å². The van der Waals surface area contributed by atoms with Gasteiger partial charge in [0.25, 0.3) is 0 Å². The van der Waals surface area contributed by atoms with Gasteiger partial charge >= 0.3 is 0 Å². The molecule has 9 heteroatoms. The zero-order valence-electron chi connectivity index (χ0n) is 19.7. The monoisotopic (exact) mass is 545 g/mol. The molecule has 1 aliphatic carbocycles. The maximum atomic E-state index is 9.87. The number of halogens is 1. The van der Waals surface area contributed by atoms with E-state index in [1.54, 1.807) is 11.3 Å². The van der Waals surface area contributed by atoms with Gasteiger partial charge in [0.1, 0.15) is 0 Å². The Kier molecular flexibility index (Phi) is 7.46. The molecule has 5 rings (SSSR count). The maximum absolute atomic E-state index is 9.87.